The average molecular weight is 358 g/mol. The second kappa shape index (κ2) is 5.64. The Labute approximate surface area is 152 Å². The van der Waals surface area contributed by atoms with Crippen molar-refractivity contribution in [2.75, 3.05) is 0 Å². The monoisotopic (exact) mass is 358 g/mol. The molecule has 5 aromatic rings. The van der Waals surface area contributed by atoms with E-state index in [2.05, 4.69) is 9.97 Å². The fraction of sp³-hybridized carbons (Fsp3) is 0.0500. The van der Waals surface area contributed by atoms with Crippen molar-refractivity contribution in [3.05, 3.63) is 76.8 Å². The average Bonchev–Trinajstić information content (AvgIpc) is 3.20. The first-order chi connectivity index (χ1) is 12.7. The van der Waals surface area contributed by atoms with Crippen LogP contribution in [0.15, 0.2) is 65.5 Å². The van der Waals surface area contributed by atoms with E-state index < -0.39 is 0 Å². The first-order valence-electron chi connectivity index (χ1n) is 8.25. The molecule has 0 unspecified atom stereocenters. The van der Waals surface area contributed by atoms with Crippen LogP contribution in [-0.4, -0.2) is 19.7 Å². The molecule has 26 heavy (non-hydrogen) atoms. The van der Waals surface area contributed by atoms with Gasteiger partial charge >= 0.3 is 0 Å². The molecule has 2 aromatic carbocycles. The highest BCUT2D eigenvalue weighted by atomic mass is 32.1. The Bertz CT molecular complexity index is 1300. The van der Waals surface area contributed by atoms with Gasteiger partial charge in [-0.05, 0) is 19.1 Å². The standard InChI is InChI=1S/C20H14N4OS/c1-12-21-19(25)15-17-18(26-20(15)22-12)16(13-8-4-2-5-9-13)23-24(17)14-10-6-3-7-11-14/h2-11H,1H3,(H,21,22,25). The van der Waals surface area contributed by atoms with Gasteiger partial charge in [-0.3, -0.25) is 4.79 Å². The number of rotatable bonds is 2. The van der Waals surface area contributed by atoms with Gasteiger partial charge in [0.2, 0.25) is 0 Å². The maximum absolute atomic E-state index is 12.7. The summed E-state index contributed by atoms with van der Waals surface area (Å²) >= 11 is 1.51. The zero-order valence-corrected chi connectivity index (χ0v) is 14.7. The van der Waals surface area contributed by atoms with Gasteiger partial charge in [0.25, 0.3) is 5.56 Å². The number of H-pyrrole nitrogens is 1. The second-order valence-electron chi connectivity index (χ2n) is 6.07. The van der Waals surface area contributed by atoms with Crippen LogP contribution in [0.4, 0.5) is 0 Å². The molecule has 0 saturated carbocycles. The molecule has 0 bridgehead atoms. The quantitative estimate of drug-likeness (QED) is 0.512. The summed E-state index contributed by atoms with van der Waals surface area (Å²) in [6.45, 7) is 1.80. The van der Waals surface area contributed by atoms with Crippen LogP contribution in [0.5, 0.6) is 0 Å². The third kappa shape index (κ3) is 2.19. The number of hydrogen-bond acceptors (Lipinski definition) is 4. The van der Waals surface area contributed by atoms with E-state index in [1.165, 1.54) is 11.3 Å². The number of aromatic nitrogens is 4. The van der Waals surface area contributed by atoms with E-state index in [1.54, 1.807) is 6.92 Å². The summed E-state index contributed by atoms with van der Waals surface area (Å²) in [6, 6.07) is 19.9. The first kappa shape index (κ1) is 15.0. The third-order valence-electron chi connectivity index (χ3n) is 4.33. The number of nitrogens with one attached hydrogen (secondary N) is 1. The van der Waals surface area contributed by atoms with Gasteiger partial charge in [0.1, 0.15) is 27.3 Å². The van der Waals surface area contributed by atoms with Crippen LogP contribution in [0.2, 0.25) is 0 Å². The van der Waals surface area contributed by atoms with Crippen LogP contribution in [0.3, 0.4) is 0 Å². The molecule has 126 valence electrons. The fourth-order valence-electron chi connectivity index (χ4n) is 3.20. The number of benzene rings is 2. The van der Waals surface area contributed by atoms with Crippen molar-refractivity contribution in [1.82, 2.24) is 19.7 Å². The zero-order valence-electron chi connectivity index (χ0n) is 13.9. The van der Waals surface area contributed by atoms with Crippen LogP contribution in [0.25, 0.3) is 37.4 Å². The molecule has 3 heterocycles. The van der Waals surface area contributed by atoms with E-state index in [1.807, 2.05) is 65.3 Å². The van der Waals surface area contributed by atoms with Gasteiger partial charge in [0.15, 0.2) is 0 Å². The first-order valence-corrected chi connectivity index (χ1v) is 9.07. The number of nitrogens with zero attached hydrogens (tertiary/aromatic N) is 3. The number of para-hydroxylation sites is 1. The molecule has 3 aromatic heterocycles. The zero-order chi connectivity index (χ0) is 17.7. The second-order valence-corrected chi connectivity index (χ2v) is 7.07. The van der Waals surface area contributed by atoms with Crippen LogP contribution in [-0.2, 0) is 0 Å². The maximum atomic E-state index is 12.7. The number of hydrogen-bond donors (Lipinski definition) is 1. The minimum absolute atomic E-state index is 0.129. The summed E-state index contributed by atoms with van der Waals surface area (Å²) in [5, 5.41) is 5.44. The molecule has 5 nitrogen and oxygen atoms in total. The Balaban J connectivity index is 1.96. The molecule has 0 spiro atoms. The molecule has 5 rings (SSSR count). The Morgan fingerprint density at radius 2 is 1.69 bits per heavy atom. The molecule has 0 amide bonds. The topological polar surface area (TPSA) is 63.6 Å². The molecule has 1 N–H and O–H groups in total. The minimum atomic E-state index is -0.129. The van der Waals surface area contributed by atoms with E-state index in [-0.39, 0.29) is 5.56 Å². The van der Waals surface area contributed by atoms with Crippen LogP contribution in [0, 0.1) is 6.92 Å². The normalized spacial score (nSPS) is 11.4. The Kier molecular flexibility index (Phi) is 3.26. The van der Waals surface area contributed by atoms with Crippen LogP contribution < -0.4 is 5.56 Å². The number of aryl methyl sites for hydroxylation is 1. The van der Waals surface area contributed by atoms with Crippen LogP contribution >= 0.6 is 11.3 Å². The Hall–Kier alpha value is -3.25. The molecule has 0 saturated heterocycles. The maximum Gasteiger partial charge on any atom is 0.261 e. The molecule has 6 heteroatoms. The smallest absolute Gasteiger partial charge is 0.261 e. The molecule has 0 aliphatic rings. The van der Waals surface area contributed by atoms with Crippen molar-refractivity contribution in [3.63, 3.8) is 0 Å². The van der Waals surface area contributed by atoms with Gasteiger partial charge < -0.3 is 4.98 Å². The summed E-state index contributed by atoms with van der Waals surface area (Å²) in [4.78, 5) is 20.8. The number of fused-ring (bicyclic) bond motifs is 3. The van der Waals surface area contributed by atoms with Crippen molar-refractivity contribution in [3.8, 4) is 16.9 Å². The largest absolute Gasteiger partial charge is 0.310 e. The lowest BCUT2D eigenvalue weighted by Crippen LogP contribution is -2.09. The van der Waals surface area contributed by atoms with Crippen molar-refractivity contribution in [1.29, 1.82) is 0 Å². The summed E-state index contributed by atoms with van der Waals surface area (Å²) in [7, 11) is 0. The van der Waals surface area contributed by atoms with Gasteiger partial charge in [-0.2, -0.15) is 5.10 Å². The van der Waals surface area contributed by atoms with E-state index >= 15 is 0 Å². The number of thiophene rings is 1. The number of aromatic amines is 1. The predicted molar refractivity (Wildman–Crippen MR) is 105 cm³/mol. The Morgan fingerprint density at radius 3 is 2.42 bits per heavy atom. The lowest BCUT2D eigenvalue weighted by atomic mass is 10.1. The predicted octanol–water partition coefficient (Wildman–Crippen LogP) is 4.30. The van der Waals surface area contributed by atoms with Gasteiger partial charge in [0.05, 0.1) is 10.4 Å². The van der Waals surface area contributed by atoms with E-state index in [0.717, 1.165) is 32.0 Å². The summed E-state index contributed by atoms with van der Waals surface area (Å²) in [6.07, 6.45) is 0. The van der Waals surface area contributed by atoms with Gasteiger partial charge in [0, 0.05) is 5.56 Å². The van der Waals surface area contributed by atoms with Gasteiger partial charge in [-0.1, -0.05) is 48.5 Å². The Morgan fingerprint density at radius 1 is 1.00 bits per heavy atom. The highest BCUT2D eigenvalue weighted by molar-refractivity contribution is 7.25. The summed E-state index contributed by atoms with van der Waals surface area (Å²) < 4.78 is 2.82. The lowest BCUT2D eigenvalue weighted by Gasteiger charge is -2.03. The van der Waals surface area contributed by atoms with Crippen molar-refractivity contribution >= 4 is 31.8 Å². The van der Waals surface area contributed by atoms with Crippen molar-refractivity contribution in [2.24, 2.45) is 0 Å². The van der Waals surface area contributed by atoms with E-state index in [0.29, 0.717) is 11.2 Å². The molecule has 0 aliphatic carbocycles. The molecular formula is C20H14N4OS. The van der Waals surface area contributed by atoms with E-state index in [4.69, 9.17) is 5.10 Å². The molecule has 0 aliphatic heterocycles. The molecule has 0 radical (unpaired) electrons. The fourth-order valence-corrected chi connectivity index (χ4v) is 4.41. The van der Waals surface area contributed by atoms with Crippen molar-refractivity contribution < 1.29 is 0 Å². The summed E-state index contributed by atoms with van der Waals surface area (Å²) in [5.41, 5.74) is 3.48. The molecule has 0 fully saturated rings. The summed E-state index contributed by atoms with van der Waals surface area (Å²) in [5.74, 6) is 0.617. The third-order valence-corrected chi connectivity index (χ3v) is 5.41. The highest BCUT2D eigenvalue weighted by Crippen LogP contribution is 2.38. The van der Waals surface area contributed by atoms with E-state index in [9.17, 15) is 4.79 Å². The molecule has 0 atom stereocenters. The van der Waals surface area contributed by atoms with Gasteiger partial charge in [-0.15, -0.1) is 11.3 Å². The lowest BCUT2D eigenvalue weighted by molar-refractivity contribution is 0.916. The SMILES string of the molecule is Cc1nc2sc3c(-c4ccccc4)nn(-c4ccccc4)c3c2c(=O)[nH]1. The molecular weight excluding hydrogens is 344 g/mol. The van der Waals surface area contributed by atoms with Gasteiger partial charge in [-0.25, -0.2) is 9.67 Å². The minimum Gasteiger partial charge on any atom is -0.310 e. The van der Waals surface area contributed by atoms with Crippen LogP contribution in [0.1, 0.15) is 5.82 Å². The highest BCUT2D eigenvalue weighted by Gasteiger charge is 2.21. The van der Waals surface area contributed by atoms with Crippen molar-refractivity contribution in [2.45, 2.75) is 6.92 Å².